The van der Waals surface area contributed by atoms with Gasteiger partial charge in [-0.15, -0.1) is 0 Å². The van der Waals surface area contributed by atoms with Gasteiger partial charge in [-0.1, -0.05) is 27.2 Å². The molecule has 3 rings (SSSR count). The molecule has 0 N–H and O–H groups in total. The van der Waals surface area contributed by atoms with Gasteiger partial charge < -0.3 is 0 Å². The third-order valence-electron chi connectivity index (χ3n) is 4.20. The molecule has 0 nitrogen and oxygen atoms in total. The van der Waals surface area contributed by atoms with Gasteiger partial charge in [-0.3, -0.25) is 0 Å². The molecule has 3 atom stereocenters. The summed E-state index contributed by atoms with van der Waals surface area (Å²) in [6, 6.07) is 0. The maximum absolute atomic E-state index is 2.46. The summed E-state index contributed by atoms with van der Waals surface area (Å²) in [5, 5.41) is 0. The summed E-state index contributed by atoms with van der Waals surface area (Å²) in [4.78, 5) is 0. The molecule has 58 valence electrons. The van der Waals surface area contributed by atoms with Crippen LogP contribution >= 0.6 is 0 Å². The van der Waals surface area contributed by atoms with Crippen LogP contribution in [0.25, 0.3) is 0 Å². The van der Waals surface area contributed by atoms with Crippen LogP contribution in [0.4, 0.5) is 0 Å². The van der Waals surface area contributed by atoms with Gasteiger partial charge in [0.2, 0.25) is 0 Å². The molecule has 2 unspecified atom stereocenters. The predicted octanol–water partition coefficient (Wildman–Crippen LogP) is 3.08. The fraction of sp³-hybridized carbons (Fsp3) is 1.00. The first-order valence-electron chi connectivity index (χ1n) is 4.62. The van der Waals surface area contributed by atoms with Crippen molar-refractivity contribution in [3.05, 3.63) is 0 Å². The normalized spacial score (nSPS) is 50.1. The lowest BCUT2D eigenvalue weighted by atomic mass is 9.46. The lowest BCUT2D eigenvalue weighted by Crippen LogP contribution is -2.51. The van der Waals surface area contributed by atoms with E-state index < -0.39 is 0 Å². The highest BCUT2D eigenvalue weighted by Crippen LogP contribution is 2.61. The van der Waals surface area contributed by atoms with Crippen LogP contribution < -0.4 is 0 Å². The van der Waals surface area contributed by atoms with Crippen LogP contribution in [0.3, 0.4) is 0 Å². The Labute approximate surface area is 64.0 Å². The van der Waals surface area contributed by atoms with Crippen molar-refractivity contribution in [1.29, 1.82) is 0 Å². The average molecular weight is 138 g/mol. The van der Waals surface area contributed by atoms with E-state index in [1.54, 1.807) is 0 Å². The van der Waals surface area contributed by atoms with Crippen LogP contribution in [-0.2, 0) is 0 Å². The first-order chi connectivity index (χ1) is 4.62. The topological polar surface area (TPSA) is 0 Å². The van der Waals surface area contributed by atoms with Crippen molar-refractivity contribution in [3.8, 4) is 0 Å². The molecular formula is C10H18. The number of rotatable bonds is 0. The summed E-state index contributed by atoms with van der Waals surface area (Å²) in [5.41, 5.74) is 0.706. The third kappa shape index (κ3) is 0.627. The van der Waals surface area contributed by atoms with E-state index in [9.17, 15) is 0 Å². The summed E-state index contributed by atoms with van der Waals surface area (Å²) in [7, 11) is 0. The van der Waals surface area contributed by atoms with Crippen LogP contribution in [0, 0.1) is 23.2 Å². The molecule has 0 saturated heterocycles. The smallest absolute Gasteiger partial charge is 0.0295 e. The quantitative estimate of drug-likeness (QED) is 0.482. The number of hydrogen-bond acceptors (Lipinski definition) is 0. The van der Waals surface area contributed by atoms with Crippen molar-refractivity contribution in [2.75, 3.05) is 0 Å². The molecule has 0 heteroatoms. The van der Waals surface area contributed by atoms with Crippen LogP contribution in [0.1, 0.15) is 40.0 Å². The van der Waals surface area contributed by atoms with Gasteiger partial charge in [0, 0.05) is 0 Å². The van der Waals surface area contributed by atoms with E-state index in [1.165, 1.54) is 19.3 Å². The molecule has 0 aromatic carbocycles. The van der Waals surface area contributed by atoms with Crippen molar-refractivity contribution in [2.24, 2.45) is 23.2 Å². The van der Waals surface area contributed by atoms with Crippen LogP contribution in [-0.4, -0.2) is 0 Å². The summed E-state index contributed by atoms with van der Waals surface area (Å²) >= 11 is 0. The highest BCUT2D eigenvalue weighted by Gasteiger charge is 2.52. The van der Waals surface area contributed by atoms with Gasteiger partial charge in [-0.25, -0.2) is 0 Å². The van der Waals surface area contributed by atoms with Crippen molar-refractivity contribution in [1.82, 2.24) is 0 Å². The maximum atomic E-state index is 2.46. The fourth-order valence-electron chi connectivity index (χ4n) is 3.18. The zero-order valence-electron chi connectivity index (χ0n) is 7.35. The Hall–Kier alpha value is 0. The minimum atomic E-state index is 0.706. The minimum absolute atomic E-state index is 0.706. The first kappa shape index (κ1) is 6.69. The zero-order valence-corrected chi connectivity index (χ0v) is 7.35. The Balaban J connectivity index is 2.16. The van der Waals surface area contributed by atoms with Crippen LogP contribution in [0.2, 0.25) is 0 Å². The predicted molar refractivity (Wildman–Crippen MR) is 43.8 cm³/mol. The number of hydrogen-bond donors (Lipinski definition) is 0. The second-order valence-electron chi connectivity index (χ2n) is 4.92. The second kappa shape index (κ2) is 1.78. The van der Waals surface area contributed by atoms with Gasteiger partial charge >= 0.3 is 0 Å². The first-order valence-corrected chi connectivity index (χ1v) is 4.62. The highest BCUT2D eigenvalue weighted by molar-refractivity contribution is 5.01. The molecule has 2 bridgehead atoms. The molecule has 10 heavy (non-hydrogen) atoms. The standard InChI is InChI=1S/C10H18/c1-7-4-5-8-6-9(7)10(8,2)3/h7-9H,4-6H2,1-3H3/t7-,8?,9?/m1/s1. The lowest BCUT2D eigenvalue weighted by Gasteiger charge is -2.59. The van der Waals surface area contributed by atoms with Crippen molar-refractivity contribution >= 4 is 0 Å². The maximum Gasteiger partial charge on any atom is -0.0295 e. The Morgan fingerprint density at radius 2 is 1.90 bits per heavy atom. The Bertz CT molecular complexity index is 144. The zero-order chi connectivity index (χ0) is 7.35. The largest absolute Gasteiger partial charge is 0.0622 e. The van der Waals surface area contributed by atoms with E-state index >= 15 is 0 Å². The monoisotopic (exact) mass is 138 g/mol. The molecular weight excluding hydrogens is 120 g/mol. The van der Waals surface area contributed by atoms with Gasteiger partial charge in [0.15, 0.2) is 0 Å². The van der Waals surface area contributed by atoms with Crippen molar-refractivity contribution < 1.29 is 0 Å². The molecule has 0 radical (unpaired) electrons. The van der Waals surface area contributed by atoms with Crippen molar-refractivity contribution in [2.45, 2.75) is 40.0 Å². The van der Waals surface area contributed by atoms with E-state index in [0.717, 1.165) is 17.8 Å². The lowest BCUT2D eigenvalue weighted by molar-refractivity contribution is -0.0988. The van der Waals surface area contributed by atoms with Gasteiger partial charge in [0.1, 0.15) is 0 Å². The molecule has 3 fully saturated rings. The Morgan fingerprint density at radius 1 is 1.20 bits per heavy atom. The van der Waals surface area contributed by atoms with E-state index in [4.69, 9.17) is 0 Å². The Morgan fingerprint density at radius 3 is 2.20 bits per heavy atom. The van der Waals surface area contributed by atoms with E-state index in [2.05, 4.69) is 20.8 Å². The molecule has 0 heterocycles. The van der Waals surface area contributed by atoms with Gasteiger partial charge in [0.05, 0.1) is 0 Å². The minimum Gasteiger partial charge on any atom is -0.0622 e. The summed E-state index contributed by atoms with van der Waals surface area (Å²) in [6.07, 6.45) is 4.54. The average Bonchev–Trinajstić information content (AvgIpc) is 1.87. The third-order valence-corrected chi connectivity index (χ3v) is 4.20. The van der Waals surface area contributed by atoms with Gasteiger partial charge in [-0.05, 0) is 36.0 Å². The van der Waals surface area contributed by atoms with Gasteiger partial charge in [-0.2, -0.15) is 0 Å². The Kier molecular flexibility index (Phi) is 1.19. The molecule has 3 aliphatic rings. The van der Waals surface area contributed by atoms with Crippen LogP contribution in [0.5, 0.6) is 0 Å². The fourth-order valence-corrected chi connectivity index (χ4v) is 3.18. The molecule has 3 saturated carbocycles. The van der Waals surface area contributed by atoms with Crippen LogP contribution in [0.15, 0.2) is 0 Å². The SMILES string of the molecule is C[C@@H]1CCC2CC1C2(C)C. The van der Waals surface area contributed by atoms with Gasteiger partial charge in [0.25, 0.3) is 0 Å². The molecule has 3 aliphatic carbocycles. The summed E-state index contributed by atoms with van der Waals surface area (Å²) < 4.78 is 0. The van der Waals surface area contributed by atoms with E-state index in [-0.39, 0.29) is 0 Å². The summed E-state index contributed by atoms with van der Waals surface area (Å²) in [5.74, 6) is 3.15. The number of fused-ring (bicyclic) bond motifs is 2. The molecule has 0 amide bonds. The van der Waals surface area contributed by atoms with E-state index in [0.29, 0.717) is 5.41 Å². The molecule has 0 aliphatic heterocycles. The molecule has 0 spiro atoms. The molecule has 0 aromatic heterocycles. The highest BCUT2D eigenvalue weighted by atomic mass is 14.6. The van der Waals surface area contributed by atoms with Crippen molar-refractivity contribution in [3.63, 3.8) is 0 Å². The van der Waals surface area contributed by atoms with E-state index in [1.807, 2.05) is 0 Å². The second-order valence-corrected chi connectivity index (χ2v) is 4.92. The molecule has 0 aromatic rings. The summed E-state index contributed by atoms with van der Waals surface area (Å²) in [6.45, 7) is 7.35.